The van der Waals surface area contributed by atoms with Crippen molar-refractivity contribution in [2.45, 2.75) is 20.8 Å². The quantitative estimate of drug-likeness (QED) is 0.240. The first kappa shape index (κ1) is 23.5. The number of pyridine rings is 3. The molecule has 3 N–H and O–H groups in total. The monoisotopic (exact) mass is 504 g/mol. The summed E-state index contributed by atoms with van der Waals surface area (Å²) in [4.78, 5) is 21.6. The van der Waals surface area contributed by atoms with Crippen molar-refractivity contribution in [3.8, 4) is 34.0 Å². The van der Waals surface area contributed by atoms with Crippen LogP contribution in [0.4, 0.5) is 10.1 Å². The Balaban J connectivity index is 1.40. The molecule has 8 nitrogen and oxygen atoms in total. The van der Waals surface area contributed by atoms with Crippen LogP contribution in [0, 0.1) is 11.2 Å². The molecule has 0 saturated carbocycles. The van der Waals surface area contributed by atoms with Gasteiger partial charge in [-0.15, -0.1) is 0 Å². The third kappa shape index (κ3) is 4.28. The number of allylic oxidation sites excluding steroid dienone is 1. The van der Waals surface area contributed by atoms with Gasteiger partial charge in [0.2, 0.25) is 0 Å². The van der Waals surface area contributed by atoms with Crippen LogP contribution in [0.1, 0.15) is 20.8 Å². The number of hydrogen-bond donors (Lipinski definition) is 3. The lowest BCUT2D eigenvalue weighted by Gasteiger charge is -2.23. The van der Waals surface area contributed by atoms with Crippen molar-refractivity contribution < 1.29 is 4.39 Å². The number of H-pyrrole nitrogens is 2. The summed E-state index contributed by atoms with van der Waals surface area (Å²) in [6.07, 6.45) is 6.97. The normalized spacial score (nSPS) is 11.8. The second-order valence-electron chi connectivity index (χ2n) is 10.2. The van der Waals surface area contributed by atoms with E-state index in [0.29, 0.717) is 28.3 Å². The number of rotatable bonds is 5. The van der Waals surface area contributed by atoms with Crippen LogP contribution < -0.4 is 5.32 Å². The summed E-state index contributed by atoms with van der Waals surface area (Å²) in [6, 6.07) is 12.1. The van der Waals surface area contributed by atoms with Gasteiger partial charge in [0.1, 0.15) is 17.0 Å². The number of aromatic amines is 2. The van der Waals surface area contributed by atoms with Crippen LogP contribution in [-0.4, -0.2) is 35.1 Å². The maximum absolute atomic E-state index is 13.9. The van der Waals surface area contributed by atoms with Crippen LogP contribution in [0.15, 0.2) is 79.5 Å². The van der Waals surface area contributed by atoms with E-state index in [1.807, 2.05) is 24.3 Å². The third-order valence-corrected chi connectivity index (χ3v) is 6.41. The summed E-state index contributed by atoms with van der Waals surface area (Å²) in [6.45, 7) is 10.5. The molecule has 0 atom stereocenters. The molecule has 0 fully saturated rings. The fourth-order valence-electron chi connectivity index (χ4n) is 4.16. The number of benzene rings is 1. The van der Waals surface area contributed by atoms with Crippen molar-refractivity contribution in [1.29, 1.82) is 0 Å². The number of nitrogens with one attached hydrogen (secondary N) is 3. The number of imidazole rings is 1. The Bertz CT molecular complexity index is 1830. The highest BCUT2D eigenvalue weighted by molar-refractivity contribution is 5.96. The number of halogens is 1. The molecule has 9 heteroatoms. The first-order valence-electron chi connectivity index (χ1n) is 12.1. The molecule has 0 spiro atoms. The first-order chi connectivity index (χ1) is 18.3. The third-order valence-electron chi connectivity index (χ3n) is 6.41. The summed E-state index contributed by atoms with van der Waals surface area (Å²) in [5, 5.41) is 11.8. The highest BCUT2D eigenvalue weighted by atomic mass is 19.1. The molecular weight excluding hydrogens is 479 g/mol. The van der Waals surface area contributed by atoms with Gasteiger partial charge in [0, 0.05) is 40.0 Å². The number of hydrogen-bond acceptors (Lipinski definition) is 6. The SMILES string of the molecule is C=C(Nc1cncc(-c2cc3c(-c4nc5c(-c6cccc(F)c6)nccc5[nH]4)n[nH]c3cn2)c1)C(C)(C)C. The van der Waals surface area contributed by atoms with Crippen molar-refractivity contribution >= 4 is 27.6 Å². The molecule has 0 unspecified atom stereocenters. The topological polar surface area (TPSA) is 108 Å². The molecule has 1 aromatic carbocycles. The van der Waals surface area contributed by atoms with Crippen LogP contribution in [0.5, 0.6) is 0 Å². The number of nitrogens with zero attached hydrogens (tertiary/aromatic N) is 5. The number of fused-ring (bicyclic) bond motifs is 2. The van der Waals surface area contributed by atoms with Crippen molar-refractivity contribution in [3.63, 3.8) is 0 Å². The Morgan fingerprint density at radius 1 is 0.947 bits per heavy atom. The smallest absolute Gasteiger partial charge is 0.159 e. The van der Waals surface area contributed by atoms with E-state index in [0.717, 1.165) is 39.1 Å². The van der Waals surface area contributed by atoms with Gasteiger partial charge in [-0.25, -0.2) is 9.37 Å². The molecule has 0 radical (unpaired) electrons. The minimum atomic E-state index is -0.327. The zero-order valence-electron chi connectivity index (χ0n) is 21.2. The van der Waals surface area contributed by atoms with Gasteiger partial charge in [-0.3, -0.25) is 20.1 Å². The first-order valence-corrected chi connectivity index (χ1v) is 12.1. The molecule has 6 aromatic rings. The van der Waals surface area contributed by atoms with E-state index in [4.69, 9.17) is 4.98 Å². The van der Waals surface area contributed by atoms with Crippen molar-refractivity contribution in [3.05, 3.63) is 85.3 Å². The van der Waals surface area contributed by atoms with E-state index in [1.165, 1.54) is 12.1 Å². The molecule has 0 amide bonds. The minimum absolute atomic E-state index is 0.0878. The molecule has 5 aromatic heterocycles. The highest BCUT2D eigenvalue weighted by Crippen LogP contribution is 2.32. The summed E-state index contributed by atoms with van der Waals surface area (Å²) in [5.74, 6) is 0.246. The van der Waals surface area contributed by atoms with Gasteiger partial charge < -0.3 is 10.3 Å². The van der Waals surface area contributed by atoms with Crippen LogP contribution in [-0.2, 0) is 0 Å². The van der Waals surface area contributed by atoms with Crippen LogP contribution in [0.25, 0.3) is 56.0 Å². The molecule has 0 aliphatic rings. The van der Waals surface area contributed by atoms with Gasteiger partial charge in [0.15, 0.2) is 5.82 Å². The van der Waals surface area contributed by atoms with Crippen LogP contribution >= 0.6 is 0 Å². The minimum Gasteiger partial charge on any atom is -0.358 e. The van der Waals surface area contributed by atoms with Crippen molar-refractivity contribution in [2.24, 2.45) is 5.41 Å². The molecular formula is C29H25FN8. The lowest BCUT2D eigenvalue weighted by Crippen LogP contribution is -2.15. The van der Waals surface area contributed by atoms with E-state index in [9.17, 15) is 4.39 Å². The second kappa shape index (κ2) is 8.88. The fourth-order valence-corrected chi connectivity index (χ4v) is 4.16. The van der Waals surface area contributed by atoms with Gasteiger partial charge in [-0.2, -0.15) is 5.10 Å². The summed E-state index contributed by atoms with van der Waals surface area (Å²) >= 11 is 0. The lowest BCUT2D eigenvalue weighted by molar-refractivity contribution is 0.509. The van der Waals surface area contributed by atoms with Gasteiger partial charge >= 0.3 is 0 Å². The molecule has 6 rings (SSSR count). The summed E-state index contributed by atoms with van der Waals surface area (Å²) in [5.41, 5.74) is 7.34. The van der Waals surface area contributed by atoms with Gasteiger partial charge in [0.25, 0.3) is 0 Å². The van der Waals surface area contributed by atoms with Gasteiger partial charge in [-0.1, -0.05) is 39.5 Å². The predicted molar refractivity (Wildman–Crippen MR) is 148 cm³/mol. The van der Waals surface area contributed by atoms with E-state index >= 15 is 0 Å². The molecule has 0 bridgehead atoms. The standard InChI is InChI=1S/C29H25FN8/c1-16(29(2,3)4)34-20-11-18(13-31-14-20)23-12-21-24(15-33-23)37-38-26(21)28-35-22-8-9-32-25(27(22)36-28)17-6-5-7-19(30)10-17/h5-15,34H,1H2,2-4H3,(H,35,36)(H,37,38). The van der Waals surface area contributed by atoms with Crippen LogP contribution in [0.2, 0.25) is 0 Å². The lowest BCUT2D eigenvalue weighted by atomic mass is 9.93. The van der Waals surface area contributed by atoms with E-state index in [1.54, 1.807) is 30.9 Å². The highest BCUT2D eigenvalue weighted by Gasteiger charge is 2.18. The number of anilines is 1. The zero-order valence-corrected chi connectivity index (χ0v) is 21.2. The Morgan fingerprint density at radius 3 is 2.63 bits per heavy atom. The molecule has 5 heterocycles. The Morgan fingerprint density at radius 2 is 1.82 bits per heavy atom. The fraction of sp³-hybridized carbons (Fsp3) is 0.138. The van der Waals surface area contributed by atoms with Crippen LogP contribution in [0.3, 0.4) is 0 Å². The Labute approximate surface area is 218 Å². The molecule has 188 valence electrons. The molecule has 0 aliphatic carbocycles. The second-order valence-corrected chi connectivity index (χ2v) is 10.2. The predicted octanol–water partition coefficient (Wildman–Crippen LogP) is 6.74. The molecule has 0 saturated heterocycles. The summed E-state index contributed by atoms with van der Waals surface area (Å²) < 4.78 is 13.9. The van der Waals surface area contributed by atoms with Gasteiger partial charge in [0.05, 0.1) is 40.5 Å². The Kier molecular flexibility index (Phi) is 5.48. The Hall–Kier alpha value is -4.92. The molecule has 0 aliphatic heterocycles. The summed E-state index contributed by atoms with van der Waals surface area (Å²) in [7, 11) is 0. The maximum Gasteiger partial charge on any atom is 0.159 e. The van der Waals surface area contributed by atoms with E-state index in [2.05, 4.69) is 62.8 Å². The largest absolute Gasteiger partial charge is 0.358 e. The molecule has 38 heavy (non-hydrogen) atoms. The van der Waals surface area contributed by atoms with E-state index in [-0.39, 0.29) is 11.2 Å². The van der Waals surface area contributed by atoms with Crippen molar-refractivity contribution in [2.75, 3.05) is 5.32 Å². The average Bonchev–Trinajstić information content (AvgIpc) is 3.52. The average molecular weight is 505 g/mol. The van der Waals surface area contributed by atoms with E-state index < -0.39 is 0 Å². The zero-order chi connectivity index (χ0) is 26.4. The van der Waals surface area contributed by atoms with Crippen molar-refractivity contribution in [1.82, 2.24) is 35.1 Å². The number of aromatic nitrogens is 7. The van der Waals surface area contributed by atoms with Gasteiger partial charge in [-0.05, 0) is 30.3 Å². The maximum atomic E-state index is 13.9.